The highest BCUT2D eigenvalue weighted by atomic mass is 16.4. The molecule has 0 spiro atoms. The Morgan fingerprint density at radius 3 is 2.42 bits per heavy atom. The quantitative estimate of drug-likeness (QED) is 0.428. The van der Waals surface area contributed by atoms with Crippen LogP contribution in [-0.2, 0) is 4.79 Å². The summed E-state index contributed by atoms with van der Waals surface area (Å²) in [5.41, 5.74) is 4.32. The van der Waals surface area contributed by atoms with E-state index in [0.717, 1.165) is 51.4 Å². The molecule has 0 amide bonds. The van der Waals surface area contributed by atoms with Crippen LogP contribution in [0.15, 0.2) is 34.9 Å². The molecule has 33 heavy (non-hydrogen) atoms. The van der Waals surface area contributed by atoms with E-state index in [4.69, 9.17) is 0 Å². The van der Waals surface area contributed by atoms with Gasteiger partial charge in [0.2, 0.25) is 0 Å². The number of allylic oxidation sites excluding steroid dienone is 6. The smallest absolute Gasteiger partial charge is 0.306 e. The van der Waals surface area contributed by atoms with Crippen molar-refractivity contribution in [3.8, 4) is 0 Å². The SMILES string of the molecule is CC(C)=CCC[C@@H](C(=O)O)[C@H]1CC[C@@]2(C)C3=CCC4C(C)(C)[C@@H](O)CC[C@]4(C)C3=CC[C@]12C. The number of carboxylic acid groups (broad SMARTS) is 1. The first-order valence-corrected chi connectivity index (χ1v) is 13.2. The summed E-state index contributed by atoms with van der Waals surface area (Å²) in [5, 5.41) is 21.0. The average Bonchev–Trinajstić information content (AvgIpc) is 3.00. The predicted octanol–water partition coefficient (Wildman–Crippen LogP) is 7.32. The first kappa shape index (κ1) is 24.8. The molecular formula is C30H46O3. The first-order chi connectivity index (χ1) is 15.3. The maximum atomic E-state index is 12.4. The fourth-order valence-corrected chi connectivity index (χ4v) is 8.73. The second-order valence-corrected chi connectivity index (χ2v) is 13.2. The van der Waals surface area contributed by atoms with E-state index in [1.807, 2.05) is 0 Å². The lowest BCUT2D eigenvalue weighted by molar-refractivity contribution is -0.146. The molecule has 2 N–H and O–H groups in total. The van der Waals surface area contributed by atoms with E-state index in [9.17, 15) is 15.0 Å². The van der Waals surface area contributed by atoms with E-state index in [0.29, 0.717) is 5.92 Å². The molecule has 0 heterocycles. The van der Waals surface area contributed by atoms with Crippen LogP contribution in [0.25, 0.3) is 0 Å². The van der Waals surface area contributed by atoms with Gasteiger partial charge in [0.15, 0.2) is 0 Å². The molecule has 184 valence electrons. The number of rotatable bonds is 5. The van der Waals surface area contributed by atoms with Gasteiger partial charge in [0.25, 0.3) is 0 Å². The molecule has 7 atom stereocenters. The second-order valence-electron chi connectivity index (χ2n) is 13.2. The van der Waals surface area contributed by atoms with Crippen LogP contribution in [0.1, 0.15) is 99.8 Å². The number of hydrogen-bond acceptors (Lipinski definition) is 2. The Morgan fingerprint density at radius 1 is 1.09 bits per heavy atom. The fourth-order valence-electron chi connectivity index (χ4n) is 8.73. The van der Waals surface area contributed by atoms with Crippen LogP contribution in [0.4, 0.5) is 0 Å². The molecule has 0 bridgehead atoms. The molecule has 0 aliphatic heterocycles. The lowest BCUT2D eigenvalue weighted by Gasteiger charge is -2.61. The van der Waals surface area contributed by atoms with Gasteiger partial charge < -0.3 is 10.2 Å². The average molecular weight is 455 g/mol. The highest BCUT2D eigenvalue weighted by Crippen LogP contribution is 2.71. The summed E-state index contributed by atoms with van der Waals surface area (Å²) in [6.45, 7) is 16.0. The van der Waals surface area contributed by atoms with Gasteiger partial charge >= 0.3 is 5.97 Å². The van der Waals surface area contributed by atoms with Gasteiger partial charge in [-0.05, 0) is 110 Å². The van der Waals surface area contributed by atoms with Crippen LogP contribution in [0, 0.1) is 39.4 Å². The summed E-state index contributed by atoms with van der Waals surface area (Å²) in [5.74, 6) is -0.238. The summed E-state index contributed by atoms with van der Waals surface area (Å²) < 4.78 is 0. The lowest BCUT2D eigenvalue weighted by Crippen LogP contribution is -2.54. The normalized spacial score (nSPS) is 42.2. The molecule has 1 unspecified atom stereocenters. The van der Waals surface area contributed by atoms with Gasteiger partial charge in [0.1, 0.15) is 0 Å². The molecule has 3 heteroatoms. The zero-order chi connectivity index (χ0) is 24.4. The monoisotopic (exact) mass is 454 g/mol. The third-order valence-electron chi connectivity index (χ3n) is 11.1. The van der Waals surface area contributed by atoms with Crippen LogP contribution in [-0.4, -0.2) is 22.3 Å². The number of hydrogen-bond donors (Lipinski definition) is 2. The van der Waals surface area contributed by atoms with Crippen molar-refractivity contribution in [1.82, 2.24) is 0 Å². The van der Waals surface area contributed by atoms with Gasteiger partial charge in [0.05, 0.1) is 12.0 Å². The molecule has 3 nitrogen and oxygen atoms in total. The summed E-state index contributed by atoms with van der Waals surface area (Å²) in [6, 6.07) is 0. The number of aliphatic hydroxyl groups is 1. The molecule has 0 aromatic heterocycles. The Labute approximate surface area is 201 Å². The van der Waals surface area contributed by atoms with Crippen LogP contribution in [0.2, 0.25) is 0 Å². The minimum atomic E-state index is -0.616. The van der Waals surface area contributed by atoms with E-state index in [1.165, 1.54) is 16.7 Å². The molecule has 0 radical (unpaired) electrons. The number of aliphatic hydroxyl groups excluding tert-OH is 1. The highest BCUT2D eigenvalue weighted by molar-refractivity contribution is 5.71. The molecular weight excluding hydrogens is 408 g/mol. The van der Waals surface area contributed by atoms with Gasteiger partial charge in [-0.1, -0.05) is 58.4 Å². The van der Waals surface area contributed by atoms with Crippen molar-refractivity contribution < 1.29 is 15.0 Å². The number of carbonyl (C=O) groups is 1. The lowest BCUT2D eigenvalue weighted by atomic mass is 9.44. The van der Waals surface area contributed by atoms with Crippen LogP contribution in [0.3, 0.4) is 0 Å². The molecule has 4 rings (SSSR count). The third kappa shape index (κ3) is 3.51. The molecule has 2 fully saturated rings. The maximum Gasteiger partial charge on any atom is 0.306 e. The minimum absolute atomic E-state index is 0.0245. The standard InChI is InChI=1S/C30H46O3/c1-19(2)9-8-10-20(26(32)33)21-13-17-30(7)23-11-12-24-27(3,4)25(31)15-16-28(24,5)22(23)14-18-29(21,30)6/h9,11,14,20-21,24-25,31H,8,10,12-13,15-18H2,1-7H3,(H,32,33)/t20-,21-,24?,25+,28-,29-,30+/m1/s1. The minimum Gasteiger partial charge on any atom is -0.481 e. The van der Waals surface area contributed by atoms with Crippen molar-refractivity contribution in [2.75, 3.05) is 0 Å². The van der Waals surface area contributed by atoms with Crippen molar-refractivity contribution in [2.24, 2.45) is 39.4 Å². The van der Waals surface area contributed by atoms with Gasteiger partial charge in [-0.3, -0.25) is 4.79 Å². The number of carboxylic acids is 1. The summed E-state index contributed by atoms with van der Waals surface area (Å²) >= 11 is 0. The Bertz CT molecular complexity index is 904. The van der Waals surface area contributed by atoms with E-state index < -0.39 is 5.97 Å². The molecule has 0 aromatic carbocycles. The largest absolute Gasteiger partial charge is 0.481 e. The fraction of sp³-hybridized carbons (Fsp3) is 0.767. The Kier molecular flexibility index (Phi) is 6.08. The first-order valence-electron chi connectivity index (χ1n) is 13.2. The Morgan fingerprint density at radius 2 is 1.79 bits per heavy atom. The van der Waals surface area contributed by atoms with E-state index >= 15 is 0 Å². The maximum absolute atomic E-state index is 12.4. The van der Waals surface area contributed by atoms with E-state index in [1.54, 1.807) is 0 Å². The Hall–Kier alpha value is -1.35. The molecule has 4 aliphatic carbocycles. The van der Waals surface area contributed by atoms with Gasteiger partial charge in [-0.2, -0.15) is 0 Å². The molecule has 0 aromatic rings. The van der Waals surface area contributed by atoms with Crippen molar-refractivity contribution in [3.63, 3.8) is 0 Å². The summed E-state index contributed by atoms with van der Waals surface area (Å²) in [6.07, 6.45) is 14.5. The van der Waals surface area contributed by atoms with E-state index in [2.05, 4.69) is 66.7 Å². The van der Waals surface area contributed by atoms with Crippen LogP contribution in [0.5, 0.6) is 0 Å². The second kappa shape index (κ2) is 8.11. The predicted molar refractivity (Wildman–Crippen MR) is 135 cm³/mol. The topological polar surface area (TPSA) is 57.5 Å². The van der Waals surface area contributed by atoms with Crippen LogP contribution >= 0.6 is 0 Å². The third-order valence-corrected chi connectivity index (χ3v) is 11.1. The van der Waals surface area contributed by atoms with Gasteiger partial charge in [0, 0.05) is 0 Å². The zero-order valence-electron chi connectivity index (χ0n) is 22.0. The highest BCUT2D eigenvalue weighted by Gasteiger charge is 2.63. The summed E-state index contributed by atoms with van der Waals surface area (Å²) in [4.78, 5) is 12.4. The molecule has 0 saturated heterocycles. The van der Waals surface area contributed by atoms with Crippen LogP contribution < -0.4 is 0 Å². The van der Waals surface area contributed by atoms with Crippen molar-refractivity contribution in [1.29, 1.82) is 0 Å². The van der Waals surface area contributed by atoms with Crippen molar-refractivity contribution in [2.45, 2.75) is 106 Å². The van der Waals surface area contributed by atoms with Gasteiger partial charge in [-0.15, -0.1) is 0 Å². The molecule has 4 aliphatic rings. The number of aliphatic carboxylic acids is 1. The summed E-state index contributed by atoms with van der Waals surface area (Å²) in [7, 11) is 0. The number of fused-ring (bicyclic) bond motifs is 5. The van der Waals surface area contributed by atoms with Crippen molar-refractivity contribution in [3.05, 3.63) is 34.9 Å². The zero-order valence-corrected chi connectivity index (χ0v) is 22.0. The Balaban J connectivity index is 1.70. The molecule has 2 saturated carbocycles. The van der Waals surface area contributed by atoms with E-state index in [-0.39, 0.29) is 39.6 Å². The van der Waals surface area contributed by atoms with Gasteiger partial charge in [-0.25, -0.2) is 0 Å². The van der Waals surface area contributed by atoms with Crippen molar-refractivity contribution >= 4 is 5.97 Å².